The maximum absolute atomic E-state index is 12.9. The fraction of sp³-hybridized carbons (Fsp3) is 0.394. The highest BCUT2D eigenvalue weighted by Gasteiger charge is 2.29. The number of nitrogens with zero attached hydrogens (tertiary/aromatic N) is 1. The second-order valence-corrected chi connectivity index (χ2v) is 11.7. The summed E-state index contributed by atoms with van der Waals surface area (Å²) in [5, 5.41) is 9.27. The van der Waals surface area contributed by atoms with Gasteiger partial charge in [-0.25, -0.2) is 9.59 Å². The quantitative estimate of drug-likeness (QED) is 0.340. The topological polar surface area (TPSA) is 91.9 Å². The van der Waals surface area contributed by atoms with Gasteiger partial charge < -0.3 is 25.0 Å². The molecule has 41 heavy (non-hydrogen) atoms. The van der Waals surface area contributed by atoms with Gasteiger partial charge in [0.25, 0.3) is 0 Å². The third kappa shape index (κ3) is 6.33. The van der Waals surface area contributed by atoms with Gasteiger partial charge in [0.1, 0.15) is 12.2 Å². The first-order valence-electron chi connectivity index (χ1n) is 14.3. The van der Waals surface area contributed by atoms with E-state index >= 15 is 0 Å². The third-order valence-corrected chi connectivity index (χ3v) is 7.75. The molecule has 2 aliphatic rings. The van der Waals surface area contributed by atoms with Crippen LogP contribution in [0.1, 0.15) is 54.5 Å². The minimum absolute atomic E-state index is 0.00166. The molecule has 0 unspecified atom stereocenters. The Balaban J connectivity index is 1.31. The molecule has 1 fully saturated rings. The number of anilines is 2. The van der Waals surface area contributed by atoms with Gasteiger partial charge in [-0.15, -0.1) is 0 Å². The second kappa shape index (κ2) is 11.8. The van der Waals surface area contributed by atoms with Crippen LogP contribution in [0, 0.1) is 13.8 Å². The van der Waals surface area contributed by atoms with Crippen LogP contribution in [-0.2, 0) is 16.0 Å². The number of ether oxygens (including phenoxy) is 2. The molecule has 0 radical (unpaired) electrons. The molecule has 0 aromatic heterocycles. The van der Waals surface area contributed by atoms with Crippen LogP contribution in [0.15, 0.2) is 54.6 Å². The third-order valence-electron chi connectivity index (χ3n) is 7.75. The number of alkyl carbamates (subject to hydrolysis) is 1. The van der Waals surface area contributed by atoms with Crippen LogP contribution in [0.4, 0.5) is 21.0 Å². The first-order chi connectivity index (χ1) is 19.6. The molecule has 0 atom stereocenters. The van der Waals surface area contributed by atoms with Crippen LogP contribution in [0.25, 0.3) is 11.1 Å². The Labute approximate surface area is 242 Å². The molecule has 216 valence electrons. The van der Waals surface area contributed by atoms with Crippen LogP contribution in [0.5, 0.6) is 0 Å². The molecule has 1 aliphatic heterocycles. The predicted molar refractivity (Wildman–Crippen MR) is 163 cm³/mol. The number of benzene rings is 3. The lowest BCUT2D eigenvalue weighted by molar-refractivity contribution is 0.0635. The van der Waals surface area contributed by atoms with Gasteiger partial charge in [0.05, 0.1) is 0 Å². The molecule has 1 heterocycles. The maximum atomic E-state index is 12.9. The molecular weight excluding hydrogens is 516 g/mol. The average molecular weight is 557 g/mol. The van der Waals surface area contributed by atoms with Gasteiger partial charge in [-0.05, 0) is 79.6 Å². The zero-order chi connectivity index (χ0) is 29.1. The molecule has 2 amide bonds. The smallest absolute Gasteiger partial charge is 0.412 e. The number of rotatable bonds is 6. The summed E-state index contributed by atoms with van der Waals surface area (Å²) >= 11 is 0. The van der Waals surface area contributed by atoms with E-state index in [1.54, 1.807) is 0 Å². The Hall–Kier alpha value is -4.04. The Morgan fingerprint density at radius 2 is 1.54 bits per heavy atom. The highest BCUT2D eigenvalue weighted by molar-refractivity contribution is 5.88. The maximum Gasteiger partial charge on any atom is 0.412 e. The number of carbonyl (C=O) groups is 2. The Morgan fingerprint density at radius 3 is 2.15 bits per heavy atom. The van der Waals surface area contributed by atoms with Crippen molar-refractivity contribution in [3.05, 3.63) is 82.4 Å². The standard InChI is InChI=1S/C33H40N4O4/c1-21-23(18-29(36-32(39)41-33(3,4)5)22(2)30(21)37-16-14-34-15-17-37)19-35-31(38)40-20-28-26-12-8-6-10-24(26)25-11-7-9-13-27(25)28/h6-13,18,28,34H,14-17,19-20H2,1-5H3,(H,35,38)(H,36,39). The predicted octanol–water partition coefficient (Wildman–Crippen LogP) is 6.10. The van der Waals surface area contributed by atoms with Gasteiger partial charge in [-0.1, -0.05) is 48.5 Å². The van der Waals surface area contributed by atoms with Crippen LogP contribution in [0.2, 0.25) is 0 Å². The number of piperazine rings is 1. The monoisotopic (exact) mass is 556 g/mol. The highest BCUT2D eigenvalue weighted by Crippen LogP contribution is 2.44. The fourth-order valence-corrected chi connectivity index (χ4v) is 5.86. The summed E-state index contributed by atoms with van der Waals surface area (Å²) in [7, 11) is 0. The fourth-order valence-electron chi connectivity index (χ4n) is 5.86. The minimum Gasteiger partial charge on any atom is -0.449 e. The number of amides is 2. The summed E-state index contributed by atoms with van der Waals surface area (Å²) in [6.45, 7) is 13.6. The molecule has 5 rings (SSSR count). The molecule has 8 nitrogen and oxygen atoms in total. The molecule has 3 aromatic rings. The first kappa shape index (κ1) is 28.5. The van der Waals surface area contributed by atoms with Crippen molar-refractivity contribution in [2.45, 2.75) is 52.7 Å². The van der Waals surface area contributed by atoms with E-state index in [2.05, 4.69) is 52.0 Å². The average Bonchev–Trinajstić information content (AvgIpc) is 3.26. The van der Waals surface area contributed by atoms with Gasteiger partial charge >= 0.3 is 12.2 Å². The van der Waals surface area contributed by atoms with E-state index in [1.165, 1.54) is 22.3 Å². The van der Waals surface area contributed by atoms with Gasteiger partial charge in [0, 0.05) is 50.0 Å². The molecule has 0 saturated carbocycles. The van der Waals surface area contributed by atoms with E-state index in [4.69, 9.17) is 9.47 Å². The van der Waals surface area contributed by atoms with Crippen molar-refractivity contribution in [2.24, 2.45) is 0 Å². The van der Waals surface area contributed by atoms with Crippen LogP contribution >= 0.6 is 0 Å². The normalized spacial score (nSPS) is 14.7. The summed E-state index contributed by atoms with van der Waals surface area (Å²) in [6.07, 6.45) is -0.983. The summed E-state index contributed by atoms with van der Waals surface area (Å²) in [5.74, 6) is -0.00166. The van der Waals surface area contributed by atoms with Crippen molar-refractivity contribution in [2.75, 3.05) is 43.0 Å². The second-order valence-electron chi connectivity index (χ2n) is 11.7. The van der Waals surface area contributed by atoms with E-state index in [-0.39, 0.29) is 19.1 Å². The van der Waals surface area contributed by atoms with E-state index in [1.807, 2.05) is 58.0 Å². The summed E-state index contributed by atoms with van der Waals surface area (Å²) in [4.78, 5) is 27.9. The zero-order valence-corrected chi connectivity index (χ0v) is 24.6. The molecule has 0 bridgehead atoms. The summed E-state index contributed by atoms with van der Waals surface area (Å²) in [6, 6.07) is 18.5. The van der Waals surface area contributed by atoms with Gasteiger partial charge in [-0.3, -0.25) is 5.32 Å². The lowest BCUT2D eigenvalue weighted by Gasteiger charge is -2.33. The molecule has 0 spiro atoms. The van der Waals surface area contributed by atoms with Gasteiger partial charge in [0.2, 0.25) is 0 Å². The van der Waals surface area contributed by atoms with Crippen molar-refractivity contribution in [1.29, 1.82) is 0 Å². The Morgan fingerprint density at radius 1 is 0.927 bits per heavy atom. The number of nitrogens with one attached hydrogen (secondary N) is 3. The number of fused-ring (bicyclic) bond motifs is 3. The van der Waals surface area contributed by atoms with Crippen molar-refractivity contribution in [1.82, 2.24) is 10.6 Å². The highest BCUT2D eigenvalue weighted by atomic mass is 16.6. The lowest BCUT2D eigenvalue weighted by Crippen LogP contribution is -2.44. The molecule has 3 aromatic carbocycles. The van der Waals surface area contributed by atoms with E-state index < -0.39 is 17.8 Å². The largest absolute Gasteiger partial charge is 0.449 e. The molecule has 8 heteroatoms. The Kier molecular flexibility index (Phi) is 8.22. The number of hydrogen-bond donors (Lipinski definition) is 3. The SMILES string of the molecule is Cc1c(CNC(=O)OCC2c3ccccc3-c3ccccc32)cc(NC(=O)OC(C)(C)C)c(C)c1N1CCNCC1. The summed E-state index contributed by atoms with van der Waals surface area (Å²) in [5.41, 5.74) is 8.81. The van der Waals surface area contributed by atoms with Crippen LogP contribution in [0.3, 0.4) is 0 Å². The van der Waals surface area contributed by atoms with Crippen molar-refractivity contribution >= 4 is 23.6 Å². The number of hydrogen-bond acceptors (Lipinski definition) is 6. The van der Waals surface area contributed by atoms with Gasteiger partial charge in [0.15, 0.2) is 0 Å². The zero-order valence-electron chi connectivity index (χ0n) is 24.6. The molecule has 1 saturated heterocycles. The van der Waals surface area contributed by atoms with E-state index in [0.717, 1.165) is 48.6 Å². The molecular formula is C33H40N4O4. The minimum atomic E-state index is -0.613. The van der Waals surface area contributed by atoms with Crippen molar-refractivity contribution in [3.63, 3.8) is 0 Å². The van der Waals surface area contributed by atoms with Crippen LogP contribution in [-0.4, -0.2) is 50.6 Å². The summed E-state index contributed by atoms with van der Waals surface area (Å²) < 4.78 is 11.3. The van der Waals surface area contributed by atoms with E-state index in [0.29, 0.717) is 5.69 Å². The number of carbonyl (C=O) groups excluding carboxylic acids is 2. The molecule has 1 aliphatic carbocycles. The molecule has 3 N–H and O–H groups in total. The van der Waals surface area contributed by atoms with Crippen molar-refractivity contribution < 1.29 is 19.1 Å². The van der Waals surface area contributed by atoms with Crippen molar-refractivity contribution in [3.8, 4) is 11.1 Å². The van der Waals surface area contributed by atoms with Crippen LogP contribution < -0.4 is 20.9 Å². The van der Waals surface area contributed by atoms with Gasteiger partial charge in [-0.2, -0.15) is 0 Å². The van der Waals surface area contributed by atoms with E-state index in [9.17, 15) is 9.59 Å². The first-order valence-corrected chi connectivity index (χ1v) is 14.3. The lowest BCUT2D eigenvalue weighted by atomic mass is 9.98. The Bertz CT molecular complexity index is 1390.